The average Bonchev–Trinajstić information content (AvgIpc) is 3.40. The van der Waals surface area contributed by atoms with Gasteiger partial charge in [0.25, 0.3) is 5.91 Å². The normalized spacial score (nSPS) is 14.5. The van der Waals surface area contributed by atoms with Crippen molar-refractivity contribution in [1.29, 1.82) is 0 Å². The first-order chi connectivity index (χ1) is 14.6. The van der Waals surface area contributed by atoms with Gasteiger partial charge in [-0.15, -0.1) is 10.2 Å². The second-order valence-electron chi connectivity index (χ2n) is 7.87. The van der Waals surface area contributed by atoms with Gasteiger partial charge in [-0.1, -0.05) is 24.6 Å². The molecule has 1 N–H and O–H groups in total. The van der Waals surface area contributed by atoms with Crippen molar-refractivity contribution in [2.45, 2.75) is 63.6 Å². The predicted molar refractivity (Wildman–Crippen MR) is 119 cm³/mol. The summed E-state index contributed by atoms with van der Waals surface area (Å²) in [6.07, 6.45) is 8.67. The molecule has 4 rings (SSSR count). The Bertz CT molecular complexity index is 1060. The summed E-state index contributed by atoms with van der Waals surface area (Å²) in [5.41, 5.74) is 3.97. The lowest BCUT2D eigenvalue weighted by Crippen LogP contribution is -2.25. The van der Waals surface area contributed by atoms with Gasteiger partial charge in [0.1, 0.15) is 5.82 Å². The number of rotatable bonds is 7. The van der Waals surface area contributed by atoms with E-state index in [4.69, 9.17) is 0 Å². The number of nitrogens with zero attached hydrogens (tertiary/aromatic N) is 5. The molecule has 1 aliphatic carbocycles. The minimum atomic E-state index is -0.0843. The van der Waals surface area contributed by atoms with Crippen LogP contribution in [0.15, 0.2) is 23.4 Å². The Hall–Kier alpha value is -2.48. The van der Waals surface area contributed by atoms with Crippen LogP contribution in [0.5, 0.6) is 0 Å². The lowest BCUT2D eigenvalue weighted by atomic mass is 10.1. The van der Waals surface area contributed by atoms with Crippen molar-refractivity contribution < 1.29 is 4.79 Å². The van der Waals surface area contributed by atoms with Crippen molar-refractivity contribution in [1.82, 2.24) is 30.0 Å². The maximum absolute atomic E-state index is 12.6. The molecule has 2 heterocycles. The predicted octanol–water partition coefficient (Wildman–Crippen LogP) is 4.04. The van der Waals surface area contributed by atoms with Crippen LogP contribution < -0.4 is 5.32 Å². The molecular weight excluding hydrogens is 396 g/mol. The van der Waals surface area contributed by atoms with Gasteiger partial charge in [0.15, 0.2) is 5.16 Å². The number of carbonyl (C=O) groups excluding carboxylic acids is 1. The molecule has 0 unspecified atom stereocenters. The minimum absolute atomic E-state index is 0.0843. The van der Waals surface area contributed by atoms with Gasteiger partial charge in [-0.3, -0.25) is 4.79 Å². The zero-order valence-electron chi connectivity index (χ0n) is 17.8. The van der Waals surface area contributed by atoms with Crippen molar-refractivity contribution in [2.24, 2.45) is 0 Å². The van der Waals surface area contributed by atoms with Crippen LogP contribution in [0, 0.1) is 13.8 Å². The molecule has 30 heavy (non-hydrogen) atoms. The summed E-state index contributed by atoms with van der Waals surface area (Å²) in [6.45, 7) is 4.47. The monoisotopic (exact) mass is 424 g/mol. The first-order valence-electron chi connectivity index (χ1n) is 10.6. The average molecular weight is 425 g/mol. The number of hydrogen-bond donors (Lipinski definition) is 1. The summed E-state index contributed by atoms with van der Waals surface area (Å²) in [5, 5.41) is 12.8. The van der Waals surface area contributed by atoms with E-state index >= 15 is 0 Å². The smallest absolute Gasteiger partial charge is 0.251 e. The fourth-order valence-corrected chi connectivity index (χ4v) is 4.64. The van der Waals surface area contributed by atoms with Gasteiger partial charge in [0, 0.05) is 24.6 Å². The topological polar surface area (TPSA) is 85.6 Å². The summed E-state index contributed by atoms with van der Waals surface area (Å²) in [5.74, 6) is 0.950. The van der Waals surface area contributed by atoms with Crippen LogP contribution in [-0.4, -0.2) is 43.4 Å². The highest BCUT2D eigenvalue weighted by atomic mass is 32.2. The summed E-state index contributed by atoms with van der Waals surface area (Å²) < 4.78 is 2.33. The van der Waals surface area contributed by atoms with Crippen molar-refractivity contribution >= 4 is 28.7 Å². The zero-order chi connectivity index (χ0) is 21.1. The van der Waals surface area contributed by atoms with Crippen molar-refractivity contribution in [3.8, 4) is 0 Å². The zero-order valence-corrected chi connectivity index (χ0v) is 18.6. The molecule has 1 aliphatic rings. The summed E-state index contributed by atoms with van der Waals surface area (Å²) >= 11 is 1.66. The molecule has 0 aliphatic heterocycles. The van der Waals surface area contributed by atoms with E-state index in [0.29, 0.717) is 18.2 Å². The van der Waals surface area contributed by atoms with E-state index in [9.17, 15) is 4.79 Å². The van der Waals surface area contributed by atoms with Crippen LogP contribution in [0.4, 0.5) is 0 Å². The highest BCUT2D eigenvalue weighted by Crippen LogP contribution is 2.33. The molecule has 7 nitrogen and oxygen atoms in total. The number of hydrogen-bond acceptors (Lipinski definition) is 6. The molecular formula is C22H28N6OS. The molecule has 2 aromatic heterocycles. The Morgan fingerprint density at radius 2 is 1.87 bits per heavy atom. The fourth-order valence-electron chi connectivity index (χ4n) is 4.07. The molecule has 1 saturated carbocycles. The van der Waals surface area contributed by atoms with Gasteiger partial charge in [-0.2, -0.15) is 0 Å². The third-order valence-corrected chi connectivity index (χ3v) is 6.45. The number of benzene rings is 1. The van der Waals surface area contributed by atoms with Crippen molar-refractivity contribution in [2.75, 3.05) is 12.8 Å². The molecule has 8 heteroatoms. The first kappa shape index (κ1) is 20.8. The lowest BCUT2D eigenvalue weighted by molar-refractivity contribution is 0.0953. The molecule has 0 radical (unpaired) electrons. The van der Waals surface area contributed by atoms with Gasteiger partial charge < -0.3 is 9.88 Å². The second kappa shape index (κ2) is 9.12. The van der Waals surface area contributed by atoms with E-state index in [1.165, 1.54) is 25.7 Å². The van der Waals surface area contributed by atoms with Gasteiger partial charge >= 0.3 is 0 Å². The maximum Gasteiger partial charge on any atom is 0.251 e. The summed E-state index contributed by atoms with van der Waals surface area (Å²) in [4.78, 5) is 21.7. The van der Waals surface area contributed by atoms with Gasteiger partial charge in [0.05, 0.1) is 22.4 Å². The second-order valence-corrected chi connectivity index (χ2v) is 8.64. The summed E-state index contributed by atoms with van der Waals surface area (Å²) in [6, 6.07) is 6.00. The lowest BCUT2D eigenvalue weighted by Gasteiger charge is -2.16. The Morgan fingerprint density at radius 3 is 2.60 bits per heavy atom. The Balaban J connectivity index is 1.36. The standard InChI is InChI=1S/C22H28N6OS/c1-14-15(2)25-19-13-16(10-11-18(19)24-14)21(29)23-12-6-9-20-26-27-22(30-3)28(20)17-7-4-5-8-17/h10-11,13,17H,4-9,12H2,1-3H3,(H,23,29). The maximum atomic E-state index is 12.6. The van der Waals surface area contributed by atoms with Crippen LogP contribution in [0.1, 0.15) is 65.7 Å². The fraction of sp³-hybridized carbons (Fsp3) is 0.500. The molecule has 0 bridgehead atoms. The number of aromatic nitrogens is 5. The van der Waals surface area contributed by atoms with Crippen LogP contribution >= 0.6 is 11.8 Å². The third kappa shape index (κ3) is 4.33. The van der Waals surface area contributed by atoms with Gasteiger partial charge in [-0.25, -0.2) is 9.97 Å². The molecule has 1 aromatic carbocycles. The molecule has 0 atom stereocenters. The molecule has 0 saturated heterocycles. The van der Waals surface area contributed by atoms with Crippen LogP contribution in [0.25, 0.3) is 11.0 Å². The van der Waals surface area contributed by atoms with Gasteiger partial charge in [0.2, 0.25) is 0 Å². The Labute approximate surface area is 181 Å². The van der Waals surface area contributed by atoms with E-state index < -0.39 is 0 Å². The highest BCUT2D eigenvalue weighted by Gasteiger charge is 2.23. The number of thioether (sulfide) groups is 1. The molecule has 1 fully saturated rings. The minimum Gasteiger partial charge on any atom is -0.352 e. The van der Waals surface area contributed by atoms with Crippen LogP contribution in [-0.2, 0) is 6.42 Å². The third-order valence-electron chi connectivity index (χ3n) is 5.81. The van der Waals surface area contributed by atoms with E-state index in [1.807, 2.05) is 32.0 Å². The van der Waals surface area contributed by atoms with Crippen molar-refractivity contribution in [3.63, 3.8) is 0 Å². The highest BCUT2D eigenvalue weighted by molar-refractivity contribution is 7.98. The molecule has 1 amide bonds. The number of carbonyl (C=O) groups is 1. The van der Waals surface area contributed by atoms with Crippen molar-refractivity contribution in [3.05, 3.63) is 41.0 Å². The quantitative estimate of drug-likeness (QED) is 0.455. The molecule has 158 valence electrons. The van der Waals surface area contributed by atoms with Crippen LogP contribution in [0.3, 0.4) is 0 Å². The van der Waals surface area contributed by atoms with E-state index in [0.717, 1.165) is 46.2 Å². The number of amides is 1. The van der Waals surface area contributed by atoms with E-state index in [1.54, 1.807) is 11.8 Å². The largest absolute Gasteiger partial charge is 0.352 e. The SMILES string of the molecule is CSc1nnc(CCCNC(=O)c2ccc3nc(C)c(C)nc3c2)n1C1CCCC1. The number of nitrogens with one attached hydrogen (secondary N) is 1. The molecule has 3 aromatic rings. The van der Waals surface area contributed by atoms with E-state index in [-0.39, 0.29) is 5.91 Å². The Kier molecular flexibility index (Phi) is 6.32. The number of aryl methyl sites for hydroxylation is 3. The molecule has 0 spiro atoms. The Morgan fingerprint density at radius 1 is 1.13 bits per heavy atom. The van der Waals surface area contributed by atoms with Crippen LogP contribution in [0.2, 0.25) is 0 Å². The summed E-state index contributed by atoms with van der Waals surface area (Å²) in [7, 11) is 0. The van der Waals surface area contributed by atoms with Gasteiger partial charge in [-0.05, 0) is 57.6 Å². The first-order valence-corrected chi connectivity index (χ1v) is 11.8. The van der Waals surface area contributed by atoms with E-state index in [2.05, 4.69) is 36.3 Å². The number of fused-ring (bicyclic) bond motifs is 1.